The maximum Gasteiger partial charge on any atom is 0.334 e. The first-order valence-corrected chi connectivity index (χ1v) is 12.7. The molecule has 1 unspecified atom stereocenters. The minimum absolute atomic E-state index is 0.0933. The Balaban J connectivity index is 1.84. The molecule has 0 aliphatic carbocycles. The van der Waals surface area contributed by atoms with Gasteiger partial charge < -0.3 is 23.7 Å². The molecule has 0 N–H and O–H groups in total. The second kappa shape index (κ2) is 12.3. The van der Waals surface area contributed by atoms with E-state index in [-0.39, 0.29) is 43.8 Å². The van der Waals surface area contributed by atoms with E-state index >= 15 is 0 Å². The molecule has 0 bridgehead atoms. The summed E-state index contributed by atoms with van der Waals surface area (Å²) in [5.41, 5.74) is 2.02. The number of hydrogen-bond donors (Lipinski definition) is 0. The largest absolute Gasteiger partial charge is 0.497 e. The number of allylic oxidation sites excluding steroid dienone is 2. The quantitative estimate of drug-likeness (QED) is 0.208. The number of carbonyl (C=O) groups excluding carboxylic acids is 3. The van der Waals surface area contributed by atoms with Crippen LogP contribution in [0, 0.1) is 0 Å². The average molecular weight is 534 g/mol. The zero-order valence-electron chi connectivity index (χ0n) is 22.4. The summed E-state index contributed by atoms with van der Waals surface area (Å²) in [5.74, 6) is -0.745. The van der Waals surface area contributed by atoms with Crippen molar-refractivity contribution in [3.63, 3.8) is 0 Å². The van der Waals surface area contributed by atoms with Gasteiger partial charge in [0.1, 0.15) is 23.9 Å². The Labute approximate surface area is 226 Å². The number of ether oxygens (including phenoxy) is 5. The van der Waals surface area contributed by atoms with E-state index in [9.17, 15) is 14.4 Å². The van der Waals surface area contributed by atoms with Gasteiger partial charge in [0.05, 0.1) is 49.3 Å². The molecule has 39 heavy (non-hydrogen) atoms. The minimum atomic E-state index is -0.605. The highest BCUT2D eigenvalue weighted by molar-refractivity contribution is 6.01. The minimum Gasteiger partial charge on any atom is -0.497 e. The fraction of sp³-hybridized carbons (Fsp3) is 0.300. The van der Waals surface area contributed by atoms with E-state index in [0.29, 0.717) is 28.0 Å². The fourth-order valence-corrected chi connectivity index (χ4v) is 4.63. The van der Waals surface area contributed by atoms with Crippen LogP contribution in [0.25, 0.3) is 10.9 Å². The summed E-state index contributed by atoms with van der Waals surface area (Å²) in [6, 6.07) is 14.6. The third kappa shape index (κ3) is 5.98. The van der Waals surface area contributed by atoms with Crippen LogP contribution < -0.4 is 9.47 Å². The molecule has 0 saturated heterocycles. The SMILES string of the molecule is CCOC(=O)/C=C(/OCC)C1C/C(=C/C(=O)OCc2ccccc2)Oc2c1c1c(OC)cccc1n2C(C)=O. The molecular formula is C30H31NO8. The summed E-state index contributed by atoms with van der Waals surface area (Å²) < 4.78 is 29.8. The van der Waals surface area contributed by atoms with Crippen molar-refractivity contribution in [2.45, 2.75) is 39.7 Å². The molecule has 3 aromatic rings. The van der Waals surface area contributed by atoms with Crippen molar-refractivity contribution in [2.75, 3.05) is 20.3 Å². The number of carbonyl (C=O) groups is 3. The Morgan fingerprint density at radius 2 is 1.72 bits per heavy atom. The summed E-state index contributed by atoms with van der Waals surface area (Å²) in [6.45, 7) is 5.50. The zero-order chi connectivity index (χ0) is 27.9. The molecule has 0 amide bonds. The van der Waals surface area contributed by atoms with Gasteiger partial charge in [-0.1, -0.05) is 36.4 Å². The molecule has 1 aliphatic heterocycles. The van der Waals surface area contributed by atoms with Gasteiger partial charge in [0.25, 0.3) is 0 Å². The third-order valence-electron chi connectivity index (χ3n) is 6.17. The Kier molecular flexibility index (Phi) is 8.70. The topological polar surface area (TPSA) is 102 Å². The van der Waals surface area contributed by atoms with Crippen LogP contribution in [0.15, 0.2) is 72.2 Å². The van der Waals surface area contributed by atoms with Gasteiger partial charge in [0, 0.05) is 18.9 Å². The standard InChI is InChI=1S/C30H31NO8/c1-5-36-25(17-27(34)37-6-2)22-15-21(16-26(33)38-18-20-11-8-7-9-12-20)39-30-28(22)29-23(31(30)19(3)32)13-10-14-24(29)35-4/h7-14,16-17,22H,5-6,15,18H2,1-4H3/b21-16-,25-17+. The summed E-state index contributed by atoms with van der Waals surface area (Å²) in [5, 5.41) is 0.648. The zero-order valence-corrected chi connectivity index (χ0v) is 22.4. The fourth-order valence-electron chi connectivity index (χ4n) is 4.63. The summed E-state index contributed by atoms with van der Waals surface area (Å²) in [7, 11) is 1.54. The van der Waals surface area contributed by atoms with Crippen molar-refractivity contribution in [3.8, 4) is 11.6 Å². The highest BCUT2D eigenvalue weighted by Gasteiger charge is 2.37. The molecule has 9 heteroatoms. The number of aromatic nitrogens is 1. The molecule has 1 atom stereocenters. The molecule has 0 saturated carbocycles. The van der Waals surface area contributed by atoms with Gasteiger partial charge in [0.2, 0.25) is 11.8 Å². The maximum atomic E-state index is 12.9. The lowest BCUT2D eigenvalue weighted by Crippen LogP contribution is -2.20. The second-order valence-corrected chi connectivity index (χ2v) is 8.72. The van der Waals surface area contributed by atoms with Crippen LogP contribution in [0.3, 0.4) is 0 Å². The van der Waals surface area contributed by atoms with Crippen molar-refractivity contribution in [3.05, 3.63) is 83.3 Å². The molecule has 0 fully saturated rings. The van der Waals surface area contributed by atoms with Gasteiger partial charge in [-0.2, -0.15) is 0 Å². The van der Waals surface area contributed by atoms with E-state index < -0.39 is 17.9 Å². The van der Waals surface area contributed by atoms with Gasteiger partial charge in [0.15, 0.2) is 0 Å². The lowest BCUT2D eigenvalue weighted by atomic mass is 9.89. The molecular weight excluding hydrogens is 502 g/mol. The lowest BCUT2D eigenvalue weighted by Gasteiger charge is -2.28. The number of nitrogens with zero attached hydrogens (tertiary/aromatic N) is 1. The third-order valence-corrected chi connectivity index (χ3v) is 6.17. The van der Waals surface area contributed by atoms with Crippen LogP contribution >= 0.6 is 0 Å². The van der Waals surface area contributed by atoms with Crippen LogP contribution in [0.5, 0.6) is 11.6 Å². The monoisotopic (exact) mass is 533 g/mol. The molecule has 1 aliphatic rings. The van der Waals surface area contributed by atoms with E-state index in [0.717, 1.165) is 5.56 Å². The molecule has 2 aromatic carbocycles. The maximum absolute atomic E-state index is 12.9. The van der Waals surface area contributed by atoms with Gasteiger partial charge >= 0.3 is 11.9 Å². The summed E-state index contributed by atoms with van der Waals surface area (Å²) in [6.07, 6.45) is 2.71. The van der Waals surface area contributed by atoms with Crippen LogP contribution in [0.2, 0.25) is 0 Å². The molecule has 0 spiro atoms. The molecule has 204 valence electrons. The Bertz CT molecular complexity index is 1430. The van der Waals surface area contributed by atoms with Crippen molar-refractivity contribution in [1.29, 1.82) is 0 Å². The van der Waals surface area contributed by atoms with Crippen LogP contribution in [-0.2, 0) is 30.4 Å². The predicted molar refractivity (Wildman–Crippen MR) is 143 cm³/mol. The first-order chi connectivity index (χ1) is 18.9. The van der Waals surface area contributed by atoms with Crippen LogP contribution in [0.4, 0.5) is 0 Å². The molecule has 0 radical (unpaired) electrons. The molecule has 4 rings (SSSR count). The smallest absolute Gasteiger partial charge is 0.334 e. The van der Waals surface area contributed by atoms with Crippen LogP contribution in [0.1, 0.15) is 49.0 Å². The van der Waals surface area contributed by atoms with Gasteiger partial charge in [-0.3, -0.25) is 4.79 Å². The number of benzene rings is 2. The predicted octanol–water partition coefficient (Wildman–Crippen LogP) is 5.29. The van der Waals surface area contributed by atoms with Crippen molar-refractivity contribution < 1.29 is 38.1 Å². The Hall–Kier alpha value is -4.53. The van der Waals surface area contributed by atoms with E-state index in [1.165, 1.54) is 30.8 Å². The summed E-state index contributed by atoms with van der Waals surface area (Å²) >= 11 is 0. The van der Waals surface area contributed by atoms with E-state index in [1.54, 1.807) is 32.0 Å². The van der Waals surface area contributed by atoms with E-state index in [4.69, 9.17) is 23.7 Å². The number of methoxy groups -OCH3 is 1. The van der Waals surface area contributed by atoms with Crippen molar-refractivity contribution >= 4 is 28.7 Å². The first-order valence-electron chi connectivity index (χ1n) is 12.7. The Morgan fingerprint density at radius 1 is 0.974 bits per heavy atom. The Morgan fingerprint density at radius 3 is 2.38 bits per heavy atom. The number of hydrogen-bond acceptors (Lipinski definition) is 8. The van der Waals surface area contributed by atoms with E-state index in [2.05, 4.69) is 0 Å². The summed E-state index contributed by atoms with van der Waals surface area (Å²) in [4.78, 5) is 38.1. The molecule has 2 heterocycles. The normalized spacial score (nSPS) is 15.8. The number of esters is 2. The first kappa shape index (κ1) is 27.5. The molecule has 1 aromatic heterocycles. The van der Waals surface area contributed by atoms with Crippen LogP contribution in [-0.4, -0.2) is 42.7 Å². The van der Waals surface area contributed by atoms with Gasteiger partial charge in [-0.05, 0) is 31.5 Å². The van der Waals surface area contributed by atoms with Crippen molar-refractivity contribution in [1.82, 2.24) is 4.57 Å². The van der Waals surface area contributed by atoms with E-state index in [1.807, 2.05) is 30.3 Å². The van der Waals surface area contributed by atoms with Gasteiger partial charge in [-0.25, -0.2) is 14.2 Å². The average Bonchev–Trinajstić information content (AvgIpc) is 3.26. The molecule has 9 nitrogen and oxygen atoms in total. The van der Waals surface area contributed by atoms with Gasteiger partial charge in [-0.15, -0.1) is 0 Å². The van der Waals surface area contributed by atoms with Crippen molar-refractivity contribution in [2.24, 2.45) is 0 Å². The number of fused-ring (bicyclic) bond motifs is 3. The highest BCUT2D eigenvalue weighted by Crippen LogP contribution is 2.50. The highest BCUT2D eigenvalue weighted by atomic mass is 16.5. The lowest BCUT2D eigenvalue weighted by molar-refractivity contribution is -0.139. The second-order valence-electron chi connectivity index (χ2n) is 8.72. The number of rotatable bonds is 9.